The molecule has 1 aliphatic rings. The lowest BCUT2D eigenvalue weighted by atomic mass is 9.80. The highest BCUT2D eigenvalue weighted by atomic mass is 32.2. The lowest BCUT2D eigenvalue weighted by Crippen LogP contribution is -2.40. The van der Waals surface area contributed by atoms with Crippen LogP contribution in [0.5, 0.6) is 0 Å². The van der Waals surface area contributed by atoms with Gasteiger partial charge in [-0.25, -0.2) is 8.42 Å². The van der Waals surface area contributed by atoms with Gasteiger partial charge in [0.15, 0.2) is 5.78 Å². The monoisotopic (exact) mass is 262 g/mol. The van der Waals surface area contributed by atoms with Crippen molar-refractivity contribution in [3.8, 4) is 0 Å². The third-order valence-electron chi connectivity index (χ3n) is 3.50. The first-order chi connectivity index (χ1) is 7.90. The van der Waals surface area contributed by atoms with E-state index in [2.05, 4.69) is 0 Å². The minimum absolute atomic E-state index is 0.0469. The summed E-state index contributed by atoms with van der Waals surface area (Å²) >= 11 is 0. The zero-order chi connectivity index (χ0) is 12.9. The Bertz CT molecular complexity index is 353. The second-order valence-corrected chi connectivity index (χ2v) is 7.33. The minimum atomic E-state index is -3.00. The van der Waals surface area contributed by atoms with Gasteiger partial charge in [-0.1, -0.05) is 26.2 Å². The van der Waals surface area contributed by atoms with Crippen LogP contribution in [0.1, 0.15) is 51.9 Å². The molecule has 5 heteroatoms. The number of Topliss-reactive ketones (excluding diaryl/α,β-unsaturated/α-hetero) is 1. The minimum Gasteiger partial charge on any atom is -0.382 e. The highest BCUT2D eigenvalue weighted by Gasteiger charge is 2.36. The first-order valence-corrected chi connectivity index (χ1v) is 8.18. The van der Waals surface area contributed by atoms with Crippen molar-refractivity contribution in [1.82, 2.24) is 0 Å². The van der Waals surface area contributed by atoms with Crippen LogP contribution in [0.4, 0.5) is 0 Å². The molecule has 17 heavy (non-hydrogen) atoms. The highest BCUT2D eigenvalue weighted by molar-refractivity contribution is 7.91. The Morgan fingerprint density at radius 3 is 2.35 bits per heavy atom. The van der Waals surface area contributed by atoms with E-state index >= 15 is 0 Å². The lowest BCUT2D eigenvalue weighted by molar-refractivity contribution is -0.140. The SMILES string of the molecule is CCS(=O)(=O)CCCC(=O)C1(O)CCCCC1. The summed E-state index contributed by atoms with van der Waals surface area (Å²) in [6.07, 6.45) is 4.41. The van der Waals surface area contributed by atoms with Crippen LogP contribution in [-0.4, -0.2) is 36.4 Å². The maximum atomic E-state index is 11.8. The summed E-state index contributed by atoms with van der Waals surface area (Å²) in [7, 11) is -3.00. The van der Waals surface area contributed by atoms with Gasteiger partial charge in [-0.15, -0.1) is 0 Å². The van der Waals surface area contributed by atoms with Gasteiger partial charge in [0.05, 0.1) is 5.75 Å². The van der Waals surface area contributed by atoms with Crippen LogP contribution in [0.2, 0.25) is 0 Å². The van der Waals surface area contributed by atoms with Gasteiger partial charge in [-0.3, -0.25) is 4.79 Å². The van der Waals surface area contributed by atoms with Crippen LogP contribution in [-0.2, 0) is 14.6 Å². The molecule has 0 atom stereocenters. The highest BCUT2D eigenvalue weighted by Crippen LogP contribution is 2.30. The molecule has 0 aliphatic heterocycles. The van der Waals surface area contributed by atoms with Crippen molar-refractivity contribution in [3.63, 3.8) is 0 Å². The molecule has 0 saturated heterocycles. The number of carbonyl (C=O) groups excluding carboxylic acids is 1. The molecular formula is C12H22O4S. The summed E-state index contributed by atoms with van der Waals surface area (Å²) in [5, 5.41) is 10.1. The molecule has 0 aromatic heterocycles. The molecule has 1 rings (SSSR count). The summed E-state index contributed by atoms with van der Waals surface area (Å²) in [6, 6.07) is 0. The smallest absolute Gasteiger partial charge is 0.164 e. The molecule has 0 spiro atoms. The summed E-state index contributed by atoms with van der Waals surface area (Å²) in [6.45, 7) is 1.60. The predicted molar refractivity (Wildman–Crippen MR) is 66.6 cm³/mol. The van der Waals surface area contributed by atoms with Gasteiger partial charge in [-0.2, -0.15) is 0 Å². The summed E-state index contributed by atoms with van der Waals surface area (Å²) in [5.41, 5.74) is -1.17. The number of sulfone groups is 1. The van der Waals surface area contributed by atoms with Gasteiger partial charge < -0.3 is 5.11 Å². The molecule has 0 unspecified atom stereocenters. The molecule has 100 valence electrons. The van der Waals surface area contributed by atoms with E-state index in [1.165, 1.54) is 0 Å². The van der Waals surface area contributed by atoms with E-state index < -0.39 is 15.4 Å². The Balaban J connectivity index is 2.39. The average molecular weight is 262 g/mol. The Hall–Kier alpha value is -0.420. The van der Waals surface area contributed by atoms with Crippen molar-refractivity contribution in [1.29, 1.82) is 0 Å². The van der Waals surface area contributed by atoms with Crippen molar-refractivity contribution in [2.75, 3.05) is 11.5 Å². The van der Waals surface area contributed by atoms with Crippen molar-refractivity contribution in [3.05, 3.63) is 0 Å². The second kappa shape index (κ2) is 5.96. The third kappa shape index (κ3) is 4.39. The largest absolute Gasteiger partial charge is 0.382 e. The number of ketones is 1. The molecule has 0 amide bonds. The van der Waals surface area contributed by atoms with Crippen LogP contribution in [0.3, 0.4) is 0 Å². The van der Waals surface area contributed by atoms with Crippen LogP contribution in [0.15, 0.2) is 0 Å². The summed E-state index contributed by atoms with van der Waals surface area (Å²) < 4.78 is 22.5. The first kappa shape index (κ1) is 14.6. The molecule has 0 bridgehead atoms. The van der Waals surface area contributed by atoms with E-state index in [4.69, 9.17) is 0 Å². The van der Waals surface area contributed by atoms with Crippen molar-refractivity contribution >= 4 is 15.6 Å². The third-order valence-corrected chi connectivity index (χ3v) is 5.29. The van der Waals surface area contributed by atoms with E-state index in [-0.39, 0.29) is 23.7 Å². The van der Waals surface area contributed by atoms with E-state index in [0.717, 1.165) is 19.3 Å². The van der Waals surface area contributed by atoms with E-state index in [1.54, 1.807) is 6.92 Å². The van der Waals surface area contributed by atoms with Crippen LogP contribution in [0, 0.1) is 0 Å². The lowest BCUT2D eigenvalue weighted by Gasteiger charge is -2.30. The summed E-state index contributed by atoms with van der Waals surface area (Å²) in [4.78, 5) is 11.8. The van der Waals surface area contributed by atoms with Gasteiger partial charge >= 0.3 is 0 Å². The fraction of sp³-hybridized carbons (Fsp3) is 0.917. The predicted octanol–water partition coefficient (Wildman–Crippen LogP) is 1.47. The van der Waals surface area contributed by atoms with Gasteiger partial charge in [-0.05, 0) is 19.3 Å². The molecule has 0 aromatic carbocycles. The zero-order valence-corrected chi connectivity index (χ0v) is 11.3. The topological polar surface area (TPSA) is 71.4 Å². The van der Waals surface area contributed by atoms with Crippen LogP contribution < -0.4 is 0 Å². The molecule has 0 aromatic rings. The van der Waals surface area contributed by atoms with Crippen LogP contribution in [0.25, 0.3) is 0 Å². The molecule has 1 N–H and O–H groups in total. The standard InChI is InChI=1S/C12H22O4S/c1-2-17(15,16)10-6-7-11(13)12(14)8-4-3-5-9-12/h14H,2-10H2,1H3. The maximum Gasteiger partial charge on any atom is 0.164 e. The van der Waals surface area contributed by atoms with Gasteiger partial charge in [0.1, 0.15) is 15.4 Å². The fourth-order valence-electron chi connectivity index (χ4n) is 2.25. The molecule has 1 saturated carbocycles. The number of hydrogen-bond acceptors (Lipinski definition) is 4. The molecule has 4 nitrogen and oxygen atoms in total. The van der Waals surface area contributed by atoms with E-state index in [1.807, 2.05) is 0 Å². The maximum absolute atomic E-state index is 11.8. The Morgan fingerprint density at radius 1 is 1.24 bits per heavy atom. The van der Waals surface area contributed by atoms with Gasteiger partial charge in [0.25, 0.3) is 0 Å². The second-order valence-electron chi connectivity index (χ2n) is 4.86. The molecule has 0 radical (unpaired) electrons. The Labute approximate surface area is 103 Å². The van der Waals surface area contributed by atoms with Crippen molar-refractivity contribution < 1.29 is 18.3 Å². The normalized spacial score (nSPS) is 20.1. The molecule has 1 fully saturated rings. The molecule has 1 aliphatic carbocycles. The average Bonchev–Trinajstić information content (AvgIpc) is 2.29. The van der Waals surface area contributed by atoms with Gasteiger partial charge in [0.2, 0.25) is 0 Å². The van der Waals surface area contributed by atoms with Crippen molar-refractivity contribution in [2.24, 2.45) is 0 Å². The van der Waals surface area contributed by atoms with Crippen molar-refractivity contribution in [2.45, 2.75) is 57.5 Å². The number of carbonyl (C=O) groups is 1. The molecular weight excluding hydrogens is 240 g/mol. The first-order valence-electron chi connectivity index (χ1n) is 6.36. The van der Waals surface area contributed by atoms with Gasteiger partial charge in [0, 0.05) is 12.2 Å². The summed E-state index contributed by atoms with van der Waals surface area (Å²) in [5.74, 6) is -0.0138. The quantitative estimate of drug-likeness (QED) is 0.786. The fourth-order valence-corrected chi connectivity index (χ4v) is 3.12. The zero-order valence-electron chi connectivity index (χ0n) is 10.4. The Morgan fingerprint density at radius 2 is 1.82 bits per heavy atom. The number of rotatable bonds is 6. The molecule has 0 heterocycles. The number of aliphatic hydroxyl groups is 1. The van der Waals surface area contributed by atoms with E-state index in [9.17, 15) is 18.3 Å². The Kier molecular flexibility index (Phi) is 5.13. The van der Waals surface area contributed by atoms with Crippen LogP contribution >= 0.6 is 0 Å². The van der Waals surface area contributed by atoms with E-state index in [0.29, 0.717) is 19.3 Å². The number of hydrogen-bond donors (Lipinski definition) is 1.